The highest BCUT2D eigenvalue weighted by molar-refractivity contribution is 5.76. The van der Waals surface area contributed by atoms with Crippen molar-refractivity contribution in [1.82, 2.24) is 24.9 Å². The molecule has 2 aromatic rings. The van der Waals surface area contributed by atoms with Gasteiger partial charge in [0.1, 0.15) is 6.54 Å². The molecule has 0 spiro atoms. The molecule has 0 unspecified atom stereocenters. The predicted molar refractivity (Wildman–Crippen MR) is 80.3 cm³/mol. The molecule has 0 bridgehead atoms. The maximum atomic E-state index is 12.2. The van der Waals surface area contributed by atoms with Gasteiger partial charge in [-0.05, 0) is 38.8 Å². The van der Waals surface area contributed by atoms with E-state index >= 15 is 0 Å². The van der Waals surface area contributed by atoms with Crippen LogP contribution in [0, 0.1) is 20.8 Å². The van der Waals surface area contributed by atoms with Gasteiger partial charge in [-0.15, -0.1) is 0 Å². The Bertz CT molecular complexity index is 690. The van der Waals surface area contributed by atoms with Gasteiger partial charge in [0.05, 0.1) is 30.1 Å². The normalized spacial score (nSPS) is 24.1. The summed E-state index contributed by atoms with van der Waals surface area (Å²) in [6.45, 7) is 5.97. The van der Waals surface area contributed by atoms with E-state index in [1.54, 1.807) is 15.6 Å². The van der Waals surface area contributed by atoms with Crippen LogP contribution in [0.2, 0.25) is 0 Å². The van der Waals surface area contributed by atoms with E-state index in [2.05, 4.69) is 15.5 Å². The van der Waals surface area contributed by atoms with Crippen molar-refractivity contribution in [2.75, 3.05) is 0 Å². The number of nitrogens with one attached hydrogen (secondary N) is 1. The first-order chi connectivity index (χ1) is 10.4. The van der Waals surface area contributed by atoms with Crippen LogP contribution in [0.5, 0.6) is 0 Å². The molecular weight excluding hydrogens is 282 g/mol. The average Bonchev–Trinajstić information content (AvgIpc) is 2.95. The van der Waals surface area contributed by atoms with Crippen molar-refractivity contribution in [3.8, 4) is 0 Å². The van der Waals surface area contributed by atoms with Crippen molar-refractivity contribution >= 4 is 5.91 Å². The molecule has 0 radical (unpaired) electrons. The van der Waals surface area contributed by atoms with Crippen LogP contribution >= 0.6 is 0 Å². The van der Waals surface area contributed by atoms with Crippen LogP contribution in [-0.2, 0) is 11.3 Å². The van der Waals surface area contributed by atoms with Gasteiger partial charge in [-0.3, -0.25) is 14.2 Å². The SMILES string of the molecule is Cc1cnn([C@H]2[C@H](O)C[C@@H]2NC(=O)Cn2nc(C)cc2C)c1. The third-order valence-corrected chi connectivity index (χ3v) is 4.08. The molecule has 0 saturated heterocycles. The number of aromatic nitrogens is 4. The van der Waals surface area contributed by atoms with Crippen molar-refractivity contribution in [3.05, 3.63) is 35.4 Å². The molecule has 1 aliphatic carbocycles. The summed E-state index contributed by atoms with van der Waals surface area (Å²) in [5.41, 5.74) is 2.89. The molecule has 22 heavy (non-hydrogen) atoms. The van der Waals surface area contributed by atoms with Gasteiger partial charge in [0, 0.05) is 11.9 Å². The van der Waals surface area contributed by atoms with Crippen molar-refractivity contribution in [2.24, 2.45) is 0 Å². The van der Waals surface area contributed by atoms with Gasteiger partial charge in [-0.25, -0.2) is 0 Å². The lowest BCUT2D eigenvalue weighted by atomic mass is 9.83. The summed E-state index contributed by atoms with van der Waals surface area (Å²) in [6, 6.07) is 1.65. The molecule has 0 aliphatic heterocycles. The van der Waals surface area contributed by atoms with Crippen LogP contribution in [0.4, 0.5) is 0 Å². The number of amides is 1. The van der Waals surface area contributed by atoms with Crippen molar-refractivity contribution in [3.63, 3.8) is 0 Å². The van der Waals surface area contributed by atoms with Crippen molar-refractivity contribution < 1.29 is 9.90 Å². The van der Waals surface area contributed by atoms with Crippen LogP contribution in [0.1, 0.15) is 29.4 Å². The number of aliphatic hydroxyl groups is 1. The average molecular weight is 303 g/mol. The molecule has 7 nitrogen and oxygen atoms in total. The zero-order valence-electron chi connectivity index (χ0n) is 13.0. The molecule has 7 heteroatoms. The summed E-state index contributed by atoms with van der Waals surface area (Å²) < 4.78 is 3.42. The number of aryl methyl sites for hydroxylation is 3. The fourth-order valence-electron chi connectivity index (χ4n) is 2.94. The molecule has 2 N–H and O–H groups in total. The number of rotatable bonds is 4. The molecule has 2 heterocycles. The maximum absolute atomic E-state index is 12.2. The molecule has 118 valence electrons. The fraction of sp³-hybridized carbons (Fsp3) is 0.533. The molecule has 1 fully saturated rings. The van der Waals surface area contributed by atoms with Crippen LogP contribution in [0.3, 0.4) is 0 Å². The highest BCUT2D eigenvalue weighted by Crippen LogP contribution is 2.32. The Morgan fingerprint density at radius 3 is 2.77 bits per heavy atom. The minimum atomic E-state index is -0.474. The minimum Gasteiger partial charge on any atom is -0.391 e. The van der Waals surface area contributed by atoms with Crippen molar-refractivity contribution in [2.45, 2.75) is 51.9 Å². The van der Waals surface area contributed by atoms with E-state index in [1.807, 2.05) is 33.0 Å². The van der Waals surface area contributed by atoms with E-state index < -0.39 is 6.10 Å². The molecular formula is C15H21N5O2. The third-order valence-electron chi connectivity index (χ3n) is 4.08. The number of hydrogen-bond acceptors (Lipinski definition) is 4. The van der Waals surface area contributed by atoms with Crippen LogP contribution < -0.4 is 5.32 Å². The second kappa shape index (κ2) is 5.57. The van der Waals surface area contributed by atoms with E-state index in [4.69, 9.17) is 0 Å². The van der Waals surface area contributed by atoms with Gasteiger partial charge in [0.15, 0.2) is 0 Å². The lowest BCUT2D eigenvalue weighted by Gasteiger charge is -2.41. The van der Waals surface area contributed by atoms with E-state index in [0.29, 0.717) is 6.42 Å². The first kappa shape index (κ1) is 14.8. The first-order valence-corrected chi connectivity index (χ1v) is 7.43. The standard InChI is InChI=1S/C15H21N5O2/c1-9-6-16-20(7-9)15-12(5-13(15)21)17-14(22)8-19-11(3)4-10(2)18-19/h4,6-7,12-13,15,21H,5,8H2,1-3H3,(H,17,22)/t12-,13+,15+/m0/s1. The van der Waals surface area contributed by atoms with E-state index in [-0.39, 0.29) is 24.5 Å². The quantitative estimate of drug-likeness (QED) is 0.861. The fourth-order valence-corrected chi connectivity index (χ4v) is 2.94. The maximum Gasteiger partial charge on any atom is 0.242 e. The summed E-state index contributed by atoms with van der Waals surface area (Å²) in [5, 5.41) is 21.5. The molecule has 1 saturated carbocycles. The summed E-state index contributed by atoms with van der Waals surface area (Å²) in [6.07, 6.45) is 3.71. The van der Waals surface area contributed by atoms with Gasteiger partial charge in [0.2, 0.25) is 5.91 Å². The highest BCUT2D eigenvalue weighted by Gasteiger charge is 2.42. The number of carbonyl (C=O) groups excluding carboxylic acids is 1. The Kier molecular flexibility index (Phi) is 3.74. The minimum absolute atomic E-state index is 0.0984. The second-order valence-electron chi connectivity index (χ2n) is 6.05. The summed E-state index contributed by atoms with van der Waals surface area (Å²) >= 11 is 0. The lowest BCUT2D eigenvalue weighted by molar-refractivity contribution is -0.125. The molecule has 3 atom stereocenters. The van der Waals surface area contributed by atoms with Crippen LogP contribution in [-0.4, -0.2) is 42.7 Å². The topological polar surface area (TPSA) is 85.0 Å². The Balaban J connectivity index is 1.63. The van der Waals surface area contributed by atoms with Crippen molar-refractivity contribution in [1.29, 1.82) is 0 Å². The monoisotopic (exact) mass is 303 g/mol. The van der Waals surface area contributed by atoms with Gasteiger partial charge < -0.3 is 10.4 Å². The van der Waals surface area contributed by atoms with Gasteiger partial charge >= 0.3 is 0 Å². The third kappa shape index (κ3) is 2.76. The zero-order chi connectivity index (χ0) is 15.9. The Hall–Kier alpha value is -2.15. The van der Waals surface area contributed by atoms with Crippen LogP contribution in [0.25, 0.3) is 0 Å². The van der Waals surface area contributed by atoms with Crippen LogP contribution in [0.15, 0.2) is 18.5 Å². The Morgan fingerprint density at radius 1 is 1.45 bits per heavy atom. The molecule has 3 rings (SSSR count). The molecule has 1 aliphatic rings. The summed E-state index contributed by atoms with van der Waals surface area (Å²) in [7, 11) is 0. The van der Waals surface area contributed by atoms with E-state index in [1.165, 1.54) is 0 Å². The van der Waals surface area contributed by atoms with Gasteiger partial charge in [-0.2, -0.15) is 10.2 Å². The predicted octanol–water partition coefficient (Wildman–Crippen LogP) is 0.496. The number of carbonyl (C=O) groups is 1. The molecule has 0 aromatic carbocycles. The number of hydrogen-bond donors (Lipinski definition) is 2. The highest BCUT2D eigenvalue weighted by atomic mass is 16.3. The van der Waals surface area contributed by atoms with Gasteiger partial charge in [0.25, 0.3) is 0 Å². The summed E-state index contributed by atoms with van der Waals surface area (Å²) in [5.74, 6) is -0.100. The Morgan fingerprint density at radius 2 is 2.23 bits per heavy atom. The molecule has 2 aromatic heterocycles. The zero-order valence-corrected chi connectivity index (χ0v) is 13.0. The largest absolute Gasteiger partial charge is 0.391 e. The van der Waals surface area contributed by atoms with E-state index in [0.717, 1.165) is 17.0 Å². The van der Waals surface area contributed by atoms with E-state index in [9.17, 15) is 9.90 Å². The first-order valence-electron chi connectivity index (χ1n) is 7.43. The second-order valence-corrected chi connectivity index (χ2v) is 6.05. The molecule has 1 amide bonds. The number of nitrogens with zero attached hydrogens (tertiary/aromatic N) is 4. The lowest BCUT2D eigenvalue weighted by Crippen LogP contribution is -2.56. The smallest absolute Gasteiger partial charge is 0.242 e. The van der Waals surface area contributed by atoms with Gasteiger partial charge in [-0.1, -0.05) is 0 Å². The number of aliphatic hydroxyl groups excluding tert-OH is 1. The summed E-state index contributed by atoms with van der Waals surface area (Å²) in [4.78, 5) is 12.2. The Labute approximate surface area is 128 Å².